The second-order valence-corrected chi connectivity index (χ2v) is 7.02. The van der Waals surface area contributed by atoms with Crippen molar-refractivity contribution in [1.82, 2.24) is 15.3 Å². The highest BCUT2D eigenvalue weighted by Gasteiger charge is 2.34. The smallest absolute Gasteiger partial charge is 0.338 e. The van der Waals surface area contributed by atoms with E-state index in [2.05, 4.69) is 15.3 Å². The van der Waals surface area contributed by atoms with Crippen LogP contribution in [0, 0.1) is 5.82 Å². The molecule has 2 aromatic heterocycles. The number of pyridine rings is 2. The van der Waals surface area contributed by atoms with Crippen molar-refractivity contribution in [2.24, 2.45) is 4.99 Å². The number of esters is 1. The number of hydrogen-bond acceptors (Lipinski definition) is 6. The van der Waals surface area contributed by atoms with Crippen molar-refractivity contribution < 1.29 is 13.9 Å². The fourth-order valence-electron chi connectivity index (χ4n) is 3.26. The van der Waals surface area contributed by atoms with Crippen molar-refractivity contribution in [3.63, 3.8) is 0 Å². The summed E-state index contributed by atoms with van der Waals surface area (Å²) in [5.41, 5.74) is 2.22. The molecule has 1 aliphatic rings. The summed E-state index contributed by atoms with van der Waals surface area (Å²) >= 11 is 6.36. The van der Waals surface area contributed by atoms with Crippen molar-refractivity contribution >= 4 is 29.1 Å². The van der Waals surface area contributed by atoms with E-state index in [1.807, 2.05) is 12.1 Å². The van der Waals surface area contributed by atoms with Crippen LogP contribution >= 0.6 is 11.6 Å². The first-order valence-electron chi connectivity index (χ1n) is 9.62. The number of hydrogen-bond donors (Lipinski definition) is 1. The largest absolute Gasteiger partial charge is 0.463 e. The van der Waals surface area contributed by atoms with Gasteiger partial charge in [-0.05, 0) is 43.3 Å². The van der Waals surface area contributed by atoms with Crippen LogP contribution in [-0.2, 0) is 9.53 Å². The van der Waals surface area contributed by atoms with Gasteiger partial charge in [-0.25, -0.2) is 9.18 Å². The number of aliphatic imine (C=N–C) groups is 1. The number of amidine groups is 1. The number of halogens is 2. The van der Waals surface area contributed by atoms with E-state index in [0.29, 0.717) is 28.5 Å². The molecule has 31 heavy (non-hydrogen) atoms. The molecular formula is C23H18ClFN4O2. The average molecular weight is 437 g/mol. The zero-order chi connectivity index (χ0) is 21.8. The molecule has 156 valence electrons. The molecule has 8 heteroatoms. The first-order valence-corrected chi connectivity index (χ1v) is 10.00. The number of aromatic nitrogens is 2. The van der Waals surface area contributed by atoms with E-state index in [0.717, 1.165) is 0 Å². The first-order chi connectivity index (χ1) is 15.1. The van der Waals surface area contributed by atoms with Gasteiger partial charge >= 0.3 is 5.97 Å². The molecule has 3 aromatic rings. The number of rotatable bonds is 5. The molecule has 6 nitrogen and oxygen atoms in total. The van der Waals surface area contributed by atoms with Gasteiger partial charge in [0.25, 0.3) is 0 Å². The van der Waals surface area contributed by atoms with E-state index in [9.17, 15) is 9.18 Å². The van der Waals surface area contributed by atoms with Gasteiger partial charge < -0.3 is 10.1 Å². The molecule has 4 rings (SSSR count). The maximum atomic E-state index is 13.7. The Hall–Kier alpha value is -3.58. The summed E-state index contributed by atoms with van der Waals surface area (Å²) in [6.07, 6.45) is 3.27. The highest BCUT2D eigenvalue weighted by molar-refractivity contribution is 6.31. The Morgan fingerprint density at radius 3 is 2.42 bits per heavy atom. The van der Waals surface area contributed by atoms with E-state index in [-0.39, 0.29) is 17.2 Å². The number of ether oxygens (including phenoxy) is 1. The van der Waals surface area contributed by atoms with Crippen LogP contribution in [0.1, 0.15) is 29.9 Å². The van der Waals surface area contributed by atoms with Crippen molar-refractivity contribution in [3.8, 4) is 0 Å². The molecule has 1 unspecified atom stereocenters. The van der Waals surface area contributed by atoms with Gasteiger partial charge in [-0.2, -0.15) is 0 Å². The molecule has 1 atom stereocenters. The third-order valence-corrected chi connectivity index (χ3v) is 4.95. The zero-order valence-electron chi connectivity index (χ0n) is 16.5. The highest BCUT2D eigenvalue weighted by Crippen LogP contribution is 2.38. The van der Waals surface area contributed by atoms with Crippen molar-refractivity contribution in [2.45, 2.75) is 13.0 Å². The van der Waals surface area contributed by atoms with Gasteiger partial charge in [0.2, 0.25) is 0 Å². The summed E-state index contributed by atoms with van der Waals surface area (Å²) in [6.45, 7) is 1.90. The summed E-state index contributed by atoms with van der Waals surface area (Å²) in [4.78, 5) is 26.5. The molecule has 0 fully saturated rings. The first kappa shape index (κ1) is 20.7. The Bertz CT molecular complexity index is 1170. The molecule has 0 aliphatic carbocycles. The fraction of sp³-hybridized carbons (Fsp3) is 0.130. The summed E-state index contributed by atoms with van der Waals surface area (Å²) in [6, 6.07) is 13.9. The van der Waals surface area contributed by atoms with Crippen LogP contribution in [0.25, 0.3) is 5.70 Å². The topological polar surface area (TPSA) is 76.5 Å². The van der Waals surface area contributed by atoms with Gasteiger partial charge in [-0.1, -0.05) is 29.8 Å². The van der Waals surface area contributed by atoms with E-state index in [1.54, 1.807) is 43.6 Å². The van der Waals surface area contributed by atoms with Crippen LogP contribution in [0.5, 0.6) is 0 Å². The van der Waals surface area contributed by atoms with Gasteiger partial charge in [0.1, 0.15) is 17.6 Å². The number of carbonyl (C=O) groups excluding carboxylic acids is 1. The van der Waals surface area contributed by atoms with Gasteiger partial charge in [0, 0.05) is 23.0 Å². The third kappa shape index (κ3) is 4.32. The fourth-order valence-corrected chi connectivity index (χ4v) is 3.54. The second kappa shape index (κ2) is 9.06. The quantitative estimate of drug-likeness (QED) is 0.602. The molecule has 0 saturated heterocycles. The highest BCUT2D eigenvalue weighted by atomic mass is 35.5. The minimum absolute atomic E-state index is 0.151. The summed E-state index contributed by atoms with van der Waals surface area (Å²) < 4.78 is 19.0. The molecule has 0 radical (unpaired) electrons. The third-order valence-electron chi connectivity index (χ3n) is 4.63. The zero-order valence-corrected chi connectivity index (χ0v) is 17.3. The molecule has 0 spiro atoms. The van der Waals surface area contributed by atoms with E-state index < -0.39 is 17.8 Å². The van der Waals surface area contributed by atoms with E-state index in [4.69, 9.17) is 21.3 Å². The maximum absolute atomic E-state index is 13.7. The normalized spacial score (nSPS) is 15.8. The number of carbonyl (C=O) groups is 1. The van der Waals surface area contributed by atoms with Crippen LogP contribution < -0.4 is 5.32 Å². The standard InChI is InChI=1S/C23H18ClFN4O2/c1-2-31-23(30)19-20(15-10-9-14(25)13-16(15)24)28-22(18-8-4-6-12-27-18)29-21(19)17-7-3-5-11-26-17/h3-13,20H,2H2,1H3,(H,28,29). The Balaban J connectivity index is 1.96. The molecular weight excluding hydrogens is 419 g/mol. The van der Waals surface area contributed by atoms with Crippen LogP contribution in [0.2, 0.25) is 5.02 Å². The minimum atomic E-state index is -0.845. The molecule has 1 N–H and O–H groups in total. The van der Waals surface area contributed by atoms with Crippen LogP contribution in [0.4, 0.5) is 4.39 Å². The molecule has 3 heterocycles. The summed E-state index contributed by atoms with van der Waals surface area (Å²) in [5, 5.41) is 3.34. The minimum Gasteiger partial charge on any atom is -0.463 e. The molecule has 0 bridgehead atoms. The van der Waals surface area contributed by atoms with Gasteiger partial charge in [-0.3, -0.25) is 15.0 Å². The van der Waals surface area contributed by atoms with Crippen molar-refractivity contribution in [2.75, 3.05) is 6.61 Å². The monoisotopic (exact) mass is 436 g/mol. The van der Waals surface area contributed by atoms with Gasteiger partial charge in [0.15, 0.2) is 5.84 Å². The summed E-state index contributed by atoms with van der Waals surface area (Å²) in [7, 11) is 0. The van der Waals surface area contributed by atoms with Crippen LogP contribution in [0.3, 0.4) is 0 Å². The lowest BCUT2D eigenvalue weighted by Gasteiger charge is -2.27. The predicted octanol–water partition coefficient (Wildman–Crippen LogP) is 4.33. The predicted molar refractivity (Wildman–Crippen MR) is 116 cm³/mol. The lowest BCUT2D eigenvalue weighted by atomic mass is 9.94. The molecule has 1 aromatic carbocycles. The lowest BCUT2D eigenvalue weighted by Crippen LogP contribution is -2.34. The number of nitrogens with zero attached hydrogens (tertiary/aromatic N) is 3. The molecule has 0 saturated carbocycles. The Morgan fingerprint density at radius 1 is 1.10 bits per heavy atom. The van der Waals surface area contributed by atoms with Gasteiger partial charge in [0.05, 0.1) is 23.6 Å². The van der Waals surface area contributed by atoms with E-state index in [1.165, 1.54) is 18.2 Å². The molecule has 1 aliphatic heterocycles. The van der Waals surface area contributed by atoms with Crippen molar-refractivity contribution in [1.29, 1.82) is 0 Å². The van der Waals surface area contributed by atoms with Gasteiger partial charge in [-0.15, -0.1) is 0 Å². The van der Waals surface area contributed by atoms with E-state index >= 15 is 0 Å². The number of benzene rings is 1. The number of nitrogens with one attached hydrogen (secondary N) is 1. The Kier molecular flexibility index (Phi) is 6.04. The summed E-state index contributed by atoms with van der Waals surface area (Å²) in [5.74, 6) is -0.618. The lowest BCUT2D eigenvalue weighted by molar-refractivity contribution is -0.138. The maximum Gasteiger partial charge on any atom is 0.338 e. The molecule has 0 amide bonds. The average Bonchev–Trinajstić information content (AvgIpc) is 2.79. The Labute approximate surface area is 183 Å². The van der Waals surface area contributed by atoms with Crippen LogP contribution in [0.15, 0.2) is 77.6 Å². The second-order valence-electron chi connectivity index (χ2n) is 6.61. The Morgan fingerprint density at radius 2 is 1.81 bits per heavy atom. The van der Waals surface area contributed by atoms with Crippen LogP contribution in [-0.4, -0.2) is 28.4 Å². The SMILES string of the molecule is CCOC(=O)C1=C(c2ccccn2)NC(c2ccccn2)=NC1c1ccc(F)cc1Cl. The van der Waals surface area contributed by atoms with Crippen molar-refractivity contribution in [3.05, 3.63) is 100 Å².